The van der Waals surface area contributed by atoms with E-state index in [4.69, 9.17) is 5.73 Å². The summed E-state index contributed by atoms with van der Waals surface area (Å²) in [6.45, 7) is 0.835. The zero-order chi connectivity index (χ0) is 13.4. The van der Waals surface area contributed by atoms with Crippen molar-refractivity contribution in [3.05, 3.63) is 47.5 Å². The lowest BCUT2D eigenvalue weighted by atomic mass is 9.94. The highest BCUT2D eigenvalue weighted by molar-refractivity contribution is 6.25. The van der Waals surface area contributed by atoms with Crippen LogP contribution in [0.15, 0.2) is 36.4 Å². The third kappa shape index (κ3) is 1.72. The Bertz CT molecular complexity index is 628. The Morgan fingerprint density at radius 2 is 1.53 bits per heavy atom. The van der Waals surface area contributed by atoms with Gasteiger partial charge in [0.25, 0.3) is 11.8 Å². The lowest BCUT2D eigenvalue weighted by Crippen LogP contribution is -2.41. The van der Waals surface area contributed by atoms with Crippen LogP contribution in [0.4, 0.5) is 0 Å². The lowest BCUT2D eigenvalue weighted by Gasteiger charge is -2.26. The van der Waals surface area contributed by atoms with Crippen molar-refractivity contribution in [1.82, 2.24) is 4.90 Å². The molecule has 96 valence electrons. The number of carbonyl (C=O) groups is 2. The maximum Gasteiger partial charge on any atom is 0.261 e. The van der Waals surface area contributed by atoms with E-state index in [1.54, 1.807) is 12.1 Å². The number of rotatable bonds is 3. The quantitative estimate of drug-likeness (QED) is 0.849. The minimum absolute atomic E-state index is 0.220. The van der Waals surface area contributed by atoms with Gasteiger partial charge in [0.05, 0.1) is 0 Å². The third-order valence-electron chi connectivity index (χ3n) is 3.44. The largest absolute Gasteiger partial charge is 0.330 e. The normalized spacial score (nSPS) is 14.3. The second-order valence-electron chi connectivity index (χ2n) is 4.61. The molecule has 0 radical (unpaired) electrons. The number of nitrogens with zero attached hydrogens (tertiary/aromatic N) is 1. The minimum atomic E-state index is -0.220. The second kappa shape index (κ2) is 4.48. The van der Waals surface area contributed by atoms with E-state index in [9.17, 15) is 9.59 Å². The van der Waals surface area contributed by atoms with Crippen molar-refractivity contribution in [2.75, 3.05) is 13.1 Å². The van der Waals surface area contributed by atoms with Crippen molar-refractivity contribution in [3.8, 4) is 0 Å². The predicted octanol–water partition coefficient (Wildman–Crippen LogP) is 1.78. The van der Waals surface area contributed by atoms with Gasteiger partial charge < -0.3 is 5.73 Å². The Balaban J connectivity index is 2.19. The van der Waals surface area contributed by atoms with Gasteiger partial charge in [-0.05, 0) is 30.5 Å². The molecule has 2 amide bonds. The Kier molecular flexibility index (Phi) is 2.80. The number of nitrogens with two attached hydrogens (primary N) is 1. The van der Waals surface area contributed by atoms with Gasteiger partial charge in [-0.3, -0.25) is 14.5 Å². The first kappa shape index (κ1) is 11.9. The van der Waals surface area contributed by atoms with Gasteiger partial charge in [-0.1, -0.05) is 24.3 Å². The highest BCUT2D eigenvalue weighted by atomic mass is 16.2. The molecule has 0 saturated heterocycles. The molecule has 4 nitrogen and oxygen atoms in total. The Morgan fingerprint density at radius 1 is 0.947 bits per heavy atom. The zero-order valence-electron chi connectivity index (χ0n) is 10.4. The van der Waals surface area contributed by atoms with E-state index >= 15 is 0 Å². The number of hydrogen-bond acceptors (Lipinski definition) is 3. The second-order valence-corrected chi connectivity index (χ2v) is 4.61. The van der Waals surface area contributed by atoms with Crippen LogP contribution in [0, 0.1) is 0 Å². The van der Waals surface area contributed by atoms with Gasteiger partial charge >= 0.3 is 0 Å². The number of imide groups is 1. The molecule has 1 aliphatic rings. The SMILES string of the molecule is NCCCN1C(=O)c2cccc3cccc(c23)C1=O. The maximum absolute atomic E-state index is 12.4. The standard InChI is InChI=1S/C15H14N2O2/c16-8-3-9-17-14(18)11-6-1-4-10-5-2-7-12(13(10)11)15(17)19/h1-2,4-7H,3,8-9,16H2. The van der Waals surface area contributed by atoms with E-state index in [0.29, 0.717) is 30.6 Å². The predicted molar refractivity (Wildman–Crippen MR) is 73.0 cm³/mol. The van der Waals surface area contributed by atoms with Crippen LogP contribution in [0.25, 0.3) is 10.8 Å². The molecular weight excluding hydrogens is 240 g/mol. The fourth-order valence-corrected chi connectivity index (χ4v) is 2.53. The molecule has 2 aromatic rings. The summed E-state index contributed by atoms with van der Waals surface area (Å²) in [6.07, 6.45) is 0.621. The van der Waals surface area contributed by atoms with Gasteiger partial charge in [-0.15, -0.1) is 0 Å². The summed E-state index contributed by atoms with van der Waals surface area (Å²) < 4.78 is 0. The van der Waals surface area contributed by atoms with Crippen molar-refractivity contribution in [3.63, 3.8) is 0 Å². The summed E-state index contributed by atoms with van der Waals surface area (Å²) in [4.78, 5) is 26.1. The first-order valence-electron chi connectivity index (χ1n) is 6.32. The molecule has 3 rings (SSSR count). The molecular formula is C15H14N2O2. The molecule has 0 unspecified atom stereocenters. The highest BCUT2D eigenvalue weighted by Gasteiger charge is 2.31. The van der Waals surface area contributed by atoms with Crippen LogP contribution in [-0.4, -0.2) is 29.8 Å². The Hall–Kier alpha value is -2.20. The van der Waals surface area contributed by atoms with E-state index in [2.05, 4.69) is 0 Å². The molecule has 0 atom stereocenters. The summed E-state index contributed by atoms with van der Waals surface area (Å²) in [5, 5.41) is 1.69. The summed E-state index contributed by atoms with van der Waals surface area (Å²) in [5.74, 6) is -0.439. The Labute approximate surface area is 110 Å². The molecule has 1 heterocycles. The van der Waals surface area contributed by atoms with Gasteiger partial charge in [0, 0.05) is 23.1 Å². The van der Waals surface area contributed by atoms with Gasteiger partial charge in [-0.25, -0.2) is 0 Å². The number of benzene rings is 2. The van der Waals surface area contributed by atoms with Crippen LogP contribution in [-0.2, 0) is 0 Å². The van der Waals surface area contributed by atoms with Crippen molar-refractivity contribution in [2.45, 2.75) is 6.42 Å². The Morgan fingerprint density at radius 3 is 2.05 bits per heavy atom. The van der Waals surface area contributed by atoms with Gasteiger partial charge in [-0.2, -0.15) is 0 Å². The molecule has 0 aromatic heterocycles. The fourth-order valence-electron chi connectivity index (χ4n) is 2.53. The van der Waals surface area contributed by atoms with E-state index < -0.39 is 0 Å². The molecule has 0 fully saturated rings. The topological polar surface area (TPSA) is 63.4 Å². The van der Waals surface area contributed by atoms with Crippen molar-refractivity contribution in [2.24, 2.45) is 5.73 Å². The van der Waals surface area contributed by atoms with Crippen molar-refractivity contribution < 1.29 is 9.59 Å². The molecule has 2 aromatic carbocycles. The van der Waals surface area contributed by atoms with Gasteiger partial charge in [0.15, 0.2) is 0 Å². The van der Waals surface area contributed by atoms with Gasteiger partial charge in [0.2, 0.25) is 0 Å². The smallest absolute Gasteiger partial charge is 0.261 e. The van der Waals surface area contributed by atoms with Crippen LogP contribution < -0.4 is 5.73 Å². The minimum Gasteiger partial charge on any atom is -0.330 e. The third-order valence-corrected chi connectivity index (χ3v) is 3.44. The first-order chi connectivity index (χ1) is 9.24. The number of carbonyl (C=O) groups excluding carboxylic acids is 2. The molecule has 4 heteroatoms. The highest BCUT2D eigenvalue weighted by Crippen LogP contribution is 2.29. The fraction of sp³-hybridized carbons (Fsp3) is 0.200. The van der Waals surface area contributed by atoms with E-state index in [1.165, 1.54) is 4.90 Å². The van der Waals surface area contributed by atoms with Crippen LogP contribution in [0.2, 0.25) is 0 Å². The van der Waals surface area contributed by atoms with Crippen LogP contribution in [0.3, 0.4) is 0 Å². The summed E-state index contributed by atoms with van der Waals surface area (Å²) in [7, 11) is 0. The van der Waals surface area contributed by atoms with Crippen molar-refractivity contribution in [1.29, 1.82) is 0 Å². The molecule has 0 aliphatic carbocycles. The van der Waals surface area contributed by atoms with Gasteiger partial charge in [0.1, 0.15) is 0 Å². The van der Waals surface area contributed by atoms with E-state index in [-0.39, 0.29) is 11.8 Å². The van der Waals surface area contributed by atoms with Crippen LogP contribution in [0.5, 0.6) is 0 Å². The number of hydrogen-bond donors (Lipinski definition) is 1. The monoisotopic (exact) mass is 254 g/mol. The molecule has 0 bridgehead atoms. The maximum atomic E-state index is 12.4. The molecule has 0 spiro atoms. The summed E-state index contributed by atoms with van der Waals surface area (Å²) in [5.41, 5.74) is 6.66. The van der Waals surface area contributed by atoms with E-state index in [0.717, 1.165) is 10.8 Å². The summed E-state index contributed by atoms with van der Waals surface area (Å²) in [6, 6.07) is 11.1. The molecule has 2 N–H and O–H groups in total. The lowest BCUT2D eigenvalue weighted by molar-refractivity contribution is 0.0610. The van der Waals surface area contributed by atoms with Crippen molar-refractivity contribution >= 4 is 22.6 Å². The van der Waals surface area contributed by atoms with E-state index in [1.807, 2.05) is 24.3 Å². The molecule has 19 heavy (non-hydrogen) atoms. The average Bonchev–Trinajstić information content (AvgIpc) is 2.44. The number of amides is 2. The first-order valence-corrected chi connectivity index (χ1v) is 6.32. The molecule has 0 saturated carbocycles. The van der Waals surface area contributed by atoms with Crippen LogP contribution >= 0.6 is 0 Å². The molecule has 1 aliphatic heterocycles. The zero-order valence-corrected chi connectivity index (χ0v) is 10.4. The summed E-state index contributed by atoms with van der Waals surface area (Å²) >= 11 is 0. The average molecular weight is 254 g/mol. The van der Waals surface area contributed by atoms with Crippen LogP contribution in [0.1, 0.15) is 27.1 Å².